The van der Waals surface area contributed by atoms with Gasteiger partial charge in [0, 0.05) is 16.0 Å². The van der Waals surface area contributed by atoms with Crippen molar-refractivity contribution in [1.29, 1.82) is 0 Å². The molecule has 0 aliphatic rings. The van der Waals surface area contributed by atoms with Crippen LogP contribution < -0.4 is 10.6 Å². The fourth-order valence-corrected chi connectivity index (χ4v) is 3.00. The van der Waals surface area contributed by atoms with Gasteiger partial charge in [-0.3, -0.25) is 4.79 Å². The molecule has 1 rings (SSSR count). The van der Waals surface area contributed by atoms with Crippen molar-refractivity contribution in [2.75, 3.05) is 0 Å². The number of carbonyl (C=O) groups is 3. The van der Waals surface area contributed by atoms with Crippen molar-refractivity contribution < 1.29 is 24.2 Å². The Kier molecular flexibility index (Phi) is 7.52. The van der Waals surface area contributed by atoms with Gasteiger partial charge in [-0.15, -0.1) is 11.3 Å². The maximum atomic E-state index is 12.7. The third-order valence-corrected chi connectivity index (χ3v) is 4.39. The van der Waals surface area contributed by atoms with Gasteiger partial charge in [-0.1, -0.05) is 6.07 Å². The molecule has 3 N–H and O–H groups in total. The predicted molar refractivity (Wildman–Crippen MR) is 104 cm³/mol. The van der Waals surface area contributed by atoms with E-state index in [1.807, 2.05) is 17.5 Å². The zero-order valence-corrected chi connectivity index (χ0v) is 17.2. The first-order valence-electron chi connectivity index (χ1n) is 8.07. The molecule has 1 aromatic heterocycles. The SMILES string of the molecule is CC(C)(C)OC(=O)N[C@H](Cc1cccs1)C(=O)N[C@@H](C(=O)O)C(C)(C)S. The van der Waals surface area contributed by atoms with Crippen molar-refractivity contribution in [3.8, 4) is 0 Å². The summed E-state index contributed by atoms with van der Waals surface area (Å²) in [7, 11) is 0. The topological polar surface area (TPSA) is 105 Å². The van der Waals surface area contributed by atoms with Crippen LogP contribution in [0.4, 0.5) is 4.79 Å². The minimum atomic E-state index is -1.22. The molecule has 0 aliphatic carbocycles. The minimum absolute atomic E-state index is 0.224. The summed E-state index contributed by atoms with van der Waals surface area (Å²) in [5.41, 5.74) is -0.718. The van der Waals surface area contributed by atoms with Crippen molar-refractivity contribution in [3.63, 3.8) is 0 Å². The molecule has 9 heteroatoms. The molecule has 1 aromatic rings. The monoisotopic (exact) mass is 402 g/mol. The summed E-state index contributed by atoms with van der Waals surface area (Å²) in [5, 5.41) is 16.2. The van der Waals surface area contributed by atoms with Gasteiger partial charge in [-0.2, -0.15) is 12.6 Å². The van der Waals surface area contributed by atoms with E-state index in [2.05, 4.69) is 23.3 Å². The molecule has 0 saturated carbocycles. The van der Waals surface area contributed by atoms with Gasteiger partial charge in [-0.25, -0.2) is 9.59 Å². The van der Waals surface area contributed by atoms with E-state index in [9.17, 15) is 19.5 Å². The first kappa shape index (κ1) is 22.3. The van der Waals surface area contributed by atoms with Gasteiger partial charge in [0.25, 0.3) is 0 Å². The number of carboxylic acid groups (broad SMARTS) is 1. The van der Waals surface area contributed by atoms with Crippen LogP contribution in [0.1, 0.15) is 39.5 Å². The van der Waals surface area contributed by atoms with Crippen LogP contribution >= 0.6 is 24.0 Å². The summed E-state index contributed by atoms with van der Waals surface area (Å²) in [5.74, 6) is -1.82. The Hall–Kier alpha value is -1.74. The number of carbonyl (C=O) groups excluding carboxylic acids is 2. The van der Waals surface area contributed by atoms with E-state index in [0.29, 0.717) is 0 Å². The number of hydrogen-bond acceptors (Lipinski definition) is 6. The highest BCUT2D eigenvalue weighted by molar-refractivity contribution is 7.81. The number of carboxylic acids is 1. The van der Waals surface area contributed by atoms with E-state index in [4.69, 9.17) is 4.74 Å². The Bertz CT molecular complexity index is 633. The molecule has 0 unspecified atom stereocenters. The van der Waals surface area contributed by atoms with Crippen LogP contribution in [0.3, 0.4) is 0 Å². The molecule has 0 radical (unpaired) electrons. The van der Waals surface area contributed by atoms with Gasteiger partial charge in [-0.05, 0) is 46.1 Å². The smallest absolute Gasteiger partial charge is 0.408 e. The Balaban J connectivity index is 2.94. The van der Waals surface area contributed by atoms with Crippen LogP contribution in [0.25, 0.3) is 0 Å². The molecular weight excluding hydrogens is 376 g/mol. The maximum absolute atomic E-state index is 12.7. The maximum Gasteiger partial charge on any atom is 0.408 e. The number of nitrogens with one attached hydrogen (secondary N) is 2. The number of amides is 2. The predicted octanol–water partition coefficient (Wildman–Crippen LogP) is 2.46. The van der Waals surface area contributed by atoms with Gasteiger partial charge in [0.2, 0.25) is 5.91 Å². The second-order valence-corrected chi connectivity index (χ2v) is 9.60. The Morgan fingerprint density at radius 3 is 2.27 bits per heavy atom. The van der Waals surface area contributed by atoms with Crippen LogP contribution in [0.2, 0.25) is 0 Å². The van der Waals surface area contributed by atoms with Gasteiger partial charge >= 0.3 is 12.1 Å². The molecule has 146 valence electrons. The highest BCUT2D eigenvalue weighted by atomic mass is 32.1. The van der Waals surface area contributed by atoms with Crippen molar-refractivity contribution in [1.82, 2.24) is 10.6 Å². The first-order chi connectivity index (χ1) is 11.8. The van der Waals surface area contributed by atoms with Gasteiger partial charge in [0.15, 0.2) is 0 Å². The van der Waals surface area contributed by atoms with E-state index >= 15 is 0 Å². The lowest BCUT2D eigenvalue weighted by molar-refractivity contribution is -0.142. The van der Waals surface area contributed by atoms with E-state index in [1.54, 1.807) is 34.6 Å². The Morgan fingerprint density at radius 1 is 1.23 bits per heavy atom. The highest BCUT2D eigenvalue weighted by Gasteiger charge is 2.36. The number of thiol groups is 1. The number of thiophene rings is 1. The fraction of sp³-hybridized carbons (Fsp3) is 0.588. The number of hydrogen-bond donors (Lipinski definition) is 4. The minimum Gasteiger partial charge on any atom is -0.480 e. The largest absolute Gasteiger partial charge is 0.480 e. The molecule has 0 aromatic carbocycles. The average molecular weight is 403 g/mol. The van der Waals surface area contributed by atoms with Crippen molar-refractivity contribution >= 4 is 41.9 Å². The van der Waals surface area contributed by atoms with Gasteiger partial charge in [0.05, 0.1) is 0 Å². The zero-order valence-electron chi connectivity index (χ0n) is 15.5. The zero-order chi connectivity index (χ0) is 20.1. The lowest BCUT2D eigenvalue weighted by Crippen LogP contribution is -2.57. The Morgan fingerprint density at radius 2 is 1.85 bits per heavy atom. The number of aliphatic carboxylic acids is 1. The highest BCUT2D eigenvalue weighted by Crippen LogP contribution is 2.19. The Labute approximate surface area is 162 Å². The summed E-state index contributed by atoms with van der Waals surface area (Å²) in [6.45, 7) is 8.32. The molecular formula is C17H26N2O5S2. The molecule has 0 aliphatic heterocycles. The van der Waals surface area contributed by atoms with E-state index in [1.165, 1.54) is 11.3 Å². The molecule has 0 fully saturated rings. The molecule has 0 spiro atoms. The first-order valence-corrected chi connectivity index (χ1v) is 9.40. The molecule has 0 bridgehead atoms. The van der Waals surface area contributed by atoms with Crippen LogP contribution in [-0.4, -0.2) is 45.5 Å². The molecule has 26 heavy (non-hydrogen) atoms. The van der Waals surface area contributed by atoms with E-state index < -0.39 is 40.4 Å². The normalized spacial score (nSPS) is 14.2. The van der Waals surface area contributed by atoms with Crippen LogP contribution in [0.5, 0.6) is 0 Å². The average Bonchev–Trinajstić information content (AvgIpc) is 2.92. The number of alkyl carbamates (subject to hydrolysis) is 1. The van der Waals surface area contributed by atoms with E-state index in [-0.39, 0.29) is 6.42 Å². The summed E-state index contributed by atoms with van der Waals surface area (Å²) in [6, 6.07) is 1.48. The number of rotatable bonds is 7. The lowest BCUT2D eigenvalue weighted by atomic mass is 10.0. The van der Waals surface area contributed by atoms with Crippen molar-refractivity contribution in [3.05, 3.63) is 22.4 Å². The summed E-state index contributed by atoms with van der Waals surface area (Å²) >= 11 is 5.68. The summed E-state index contributed by atoms with van der Waals surface area (Å²) in [6.07, 6.45) is -0.520. The second-order valence-electron chi connectivity index (χ2n) is 7.42. The molecule has 0 saturated heterocycles. The van der Waals surface area contributed by atoms with Gasteiger partial charge in [0.1, 0.15) is 17.7 Å². The quantitative estimate of drug-likeness (QED) is 0.525. The van der Waals surface area contributed by atoms with Crippen LogP contribution in [-0.2, 0) is 20.7 Å². The molecule has 2 atom stereocenters. The van der Waals surface area contributed by atoms with Gasteiger partial charge < -0.3 is 20.5 Å². The molecule has 7 nitrogen and oxygen atoms in total. The summed E-state index contributed by atoms with van der Waals surface area (Å²) in [4.78, 5) is 37.1. The number of ether oxygens (including phenoxy) is 1. The van der Waals surface area contributed by atoms with Crippen LogP contribution in [0, 0.1) is 0 Å². The lowest BCUT2D eigenvalue weighted by Gasteiger charge is -2.29. The molecule has 1 heterocycles. The standard InChI is InChI=1S/C17H26N2O5S2/c1-16(2,3)24-15(23)18-11(9-10-7-6-8-26-10)13(20)19-12(14(21)22)17(4,5)25/h6-8,11-12,25H,9H2,1-5H3,(H,18,23)(H,19,20)(H,21,22)/t11-,12+/m1/s1. The van der Waals surface area contributed by atoms with Crippen molar-refractivity contribution in [2.45, 2.75) is 63.5 Å². The molecule has 2 amide bonds. The van der Waals surface area contributed by atoms with Crippen LogP contribution in [0.15, 0.2) is 17.5 Å². The second kappa shape index (κ2) is 8.77. The van der Waals surface area contributed by atoms with Crippen molar-refractivity contribution in [2.24, 2.45) is 0 Å². The third kappa shape index (κ3) is 7.65. The third-order valence-electron chi connectivity index (χ3n) is 3.23. The van der Waals surface area contributed by atoms with E-state index in [0.717, 1.165) is 4.88 Å². The fourth-order valence-electron chi connectivity index (χ4n) is 2.07. The summed E-state index contributed by atoms with van der Waals surface area (Å²) < 4.78 is 4.21.